The molecule has 1 atom stereocenters. The van der Waals surface area contributed by atoms with Gasteiger partial charge in [0.05, 0.1) is 18.2 Å². The Hall–Kier alpha value is -1.50. The van der Waals surface area contributed by atoms with Crippen LogP contribution in [-0.4, -0.2) is 30.1 Å². The summed E-state index contributed by atoms with van der Waals surface area (Å²) in [6.45, 7) is 3.98. The Labute approximate surface area is 140 Å². The van der Waals surface area contributed by atoms with Crippen LogP contribution in [0.2, 0.25) is 0 Å². The van der Waals surface area contributed by atoms with Gasteiger partial charge in [0, 0.05) is 41.7 Å². The number of hydrogen-bond donors (Lipinski definition) is 1. The second-order valence-electron chi connectivity index (χ2n) is 5.85. The van der Waals surface area contributed by atoms with Crippen LogP contribution in [0.15, 0.2) is 17.5 Å². The quantitative estimate of drug-likeness (QED) is 0.881. The number of hydrogen-bond acceptors (Lipinski definition) is 5. The number of ether oxygens (including phenoxy) is 1. The molecule has 3 rings (SSSR count). The minimum atomic E-state index is -0.186. The number of nitrogens with zero attached hydrogens (tertiary/aromatic N) is 2. The van der Waals surface area contributed by atoms with E-state index in [0.29, 0.717) is 18.7 Å². The van der Waals surface area contributed by atoms with E-state index in [4.69, 9.17) is 10.5 Å². The van der Waals surface area contributed by atoms with Crippen molar-refractivity contribution >= 4 is 11.3 Å². The van der Waals surface area contributed by atoms with Crippen molar-refractivity contribution in [1.82, 2.24) is 9.88 Å². The van der Waals surface area contributed by atoms with E-state index in [2.05, 4.69) is 15.3 Å². The first-order valence-electron chi connectivity index (χ1n) is 7.84. The summed E-state index contributed by atoms with van der Waals surface area (Å²) in [5.41, 5.74) is 8.64. The van der Waals surface area contributed by atoms with Crippen LogP contribution in [0.25, 0.3) is 0 Å². The lowest BCUT2D eigenvalue weighted by atomic mass is 10.0. The minimum Gasteiger partial charge on any atom is -0.496 e. The molecule has 2 N–H and O–H groups in total. The van der Waals surface area contributed by atoms with E-state index in [9.17, 15) is 4.39 Å². The summed E-state index contributed by atoms with van der Waals surface area (Å²) in [5.74, 6) is 0.562. The molecule has 6 heteroatoms. The predicted molar refractivity (Wildman–Crippen MR) is 90.3 cm³/mol. The molecule has 1 aliphatic heterocycles. The summed E-state index contributed by atoms with van der Waals surface area (Å²) in [6.07, 6.45) is 1.93. The van der Waals surface area contributed by atoms with Gasteiger partial charge in [0.2, 0.25) is 0 Å². The standard InChI is InChI=1S/C17H22FN3OS/c1-11-10-23-16(20-11)4-3-7-21-9-12-15(22-2)6-5-13(18)17(12)14(21)8-19/h5-6,10,14H,3-4,7-9,19H2,1-2H3. The maximum absolute atomic E-state index is 14.3. The number of nitrogens with two attached hydrogens (primary N) is 1. The molecular formula is C17H22FN3OS. The smallest absolute Gasteiger partial charge is 0.128 e. The number of aryl methyl sites for hydroxylation is 2. The van der Waals surface area contributed by atoms with Crippen LogP contribution in [0.4, 0.5) is 4.39 Å². The number of thiazole rings is 1. The molecule has 0 radical (unpaired) electrons. The summed E-state index contributed by atoms with van der Waals surface area (Å²) in [5, 5.41) is 3.23. The molecule has 0 saturated heterocycles. The van der Waals surface area contributed by atoms with Gasteiger partial charge in [-0.25, -0.2) is 9.37 Å². The molecule has 1 aliphatic rings. The Bertz CT molecular complexity index is 688. The number of halogens is 1. The molecule has 1 unspecified atom stereocenters. The Kier molecular flexibility index (Phi) is 4.94. The number of aromatic nitrogens is 1. The lowest BCUT2D eigenvalue weighted by Crippen LogP contribution is -2.29. The first kappa shape index (κ1) is 16.4. The molecule has 2 heterocycles. The molecule has 0 aliphatic carbocycles. The highest BCUT2D eigenvalue weighted by atomic mass is 32.1. The highest BCUT2D eigenvalue weighted by molar-refractivity contribution is 7.09. The average Bonchev–Trinajstić information content (AvgIpc) is 3.12. The van der Waals surface area contributed by atoms with Gasteiger partial charge < -0.3 is 10.5 Å². The van der Waals surface area contributed by atoms with Gasteiger partial charge in [0.1, 0.15) is 11.6 Å². The van der Waals surface area contributed by atoms with Crippen LogP contribution in [0.5, 0.6) is 5.75 Å². The lowest BCUT2D eigenvalue weighted by molar-refractivity contribution is 0.214. The van der Waals surface area contributed by atoms with Gasteiger partial charge in [-0.1, -0.05) is 0 Å². The van der Waals surface area contributed by atoms with Gasteiger partial charge in [-0.05, 0) is 32.0 Å². The van der Waals surface area contributed by atoms with Crippen LogP contribution < -0.4 is 10.5 Å². The van der Waals surface area contributed by atoms with Gasteiger partial charge in [0.15, 0.2) is 0 Å². The van der Waals surface area contributed by atoms with Crippen molar-refractivity contribution in [3.63, 3.8) is 0 Å². The highest BCUT2D eigenvalue weighted by Gasteiger charge is 2.33. The van der Waals surface area contributed by atoms with Crippen molar-refractivity contribution in [2.24, 2.45) is 5.73 Å². The van der Waals surface area contributed by atoms with Gasteiger partial charge in [0.25, 0.3) is 0 Å². The van der Waals surface area contributed by atoms with E-state index in [1.807, 2.05) is 6.92 Å². The third-order valence-electron chi connectivity index (χ3n) is 4.34. The monoisotopic (exact) mass is 335 g/mol. The average molecular weight is 335 g/mol. The van der Waals surface area contributed by atoms with Crippen molar-refractivity contribution in [3.05, 3.63) is 45.2 Å². The lowest BCUT2D eigenvalue weighted by Gasteiger charge is -2.23. The predicted octanol–water partition coefficient (Wildman–Crippen LogP) is 3.05. The largest absolute Gasteiger partial charge is 0.496 e. The van der Waals surface area contributed by atoms with E-state index in [-0.39, 0.29) is 11.9 Å². The van der Waals surface area contributed by atoms with E-state index in [0.717, 1.165) is 41.4 Å². The molecular weight excluding hydrogens is 313 g/mol. The minimum absolute atomic E-state index is 0.0712. The van der Waals surface area contributed by atoms with Crippen LogP contribution in [-0.2, 0) is 13.0 Å². The summed E-state index contributed by atoms with van der Waals surface area (Å²) in [7, 11) is 1.62. The Morgan fingerprint density at radius 3 is 2.96 bits per heavy atom. The zero-order valence-corrected chi connectivity index (χ0v) is 14.3. The highest BCUT2D eigenvalue weighted by Crippen LogP contribution is 2.39. The van der Waals surface area contributed by atoms with Crippen LogP contribution in [0.1, 0.15) is 34.3 Å². The Morgan fingerprint density at radius 1 is 1.48 bits per heavy atom. The molecule has 1 aromatic carbocycles. The Balaban J connectivity index is 1.70. The number of methoxy groups -OCH3 is 1. The fourth-order valence-electron chi connectivity index (χ4n) is 3.28. The molecule has 1 aromatic heterocycles. The number of rotatable bonds is 6. The fraction of sp³-hybridized carbons (Fsp3) is 0.471. The van der Waals surface area contributed by atoms with E-state index >= 15 is 0 Å². The molecule has 0 amide bonds. The maximum Gasteiger partial charge on any atom is 0.128 e. The SMILES string of the molecule is COc1ccc(F)c2c1CN(CCCc1nc(C)cs1)C2CN. The summed E-state index contributed by atoms with van der Waals surface area (Å²) in [6, 6.07) is 3.10. The molecule has 0 spiro atoms. The first-order valence-corrected chi connectivity index (χ1v) is 8.72. The Morgan fingerprint density at radius 2 is 2.30 bits per heavy atom. The third kappa shape index (κ3) is 3.24. The molecule has 0 fully saturated rings. The first-order chi connectivity index (χ1) is 11.1. The maximum atomic E-state index is 14.3. The van der Waals surface area contributed by atoms with Crippen molar-refractivity contribution < 1.29 is 9.13 Å². The molecule has 23 heavy (non-hydrogen) atoms. The van der Waals surface area contributed by atoms with Crippen molar-refractivity contribution in [2.45, 2.75) is 32.4 Å². The van der Waals surface area contributed by atoms with Crippen LogP contribution in [0.3, 0.4) is 0 Å². The van der Waals surface area contributed by atoms with Gasteiger partial charge in [-0.15, -0.1) is 11.3 Å². The number of fused-ring (bicyclic) bond motifs is 1. The number of benzene rings is 1. The second kappa shape index (κ2) is 6.95. The zero-order valence-electron chi connectivity index (χ0n) is 13.5. The molecule has 2 aromatic rings. The van der Waals surface area contributed by atoms with Crippen molar-refractivity contribution in [3.8, 4) is 5.75 Å². The van der Waals surface area contributed by atoms with Gasteiger partial charge in [-0.3, -0.25) is 4.90 Å². The normalized spacial score (nSPS) is 17.5. The molecule has 4 nitrogen and oxygen atoms in total. The van der Waals surface area contributed by atoms with E-state index < -0.39 is 0 Å². The molecule has 0 bridgehead atoms. The summed E-state index contributed by atoms with van der Waals surface area (Å²) in [4.78, 5) is 6.74. The van der Waals surface area contributed by atoms with Crippen molar-refractivity contribution in [1.29, 1.82) is 0 Å². The van der Waals surface area contributed by atoms with Gasteiger partial charge in [-0.2, -0.15) is 0 Å². The van der Waals surface area contributed by atoms with Crippen molar-refractivity contribution in [2.75, 3.05) is 20.2 Å². The summed E-state index contributed by atoms with van der Waals surface area (Å²) >= 11 is 1.70. The molecule has 0 saturated carbocycles. The van der Waals surface area contributed by atoms with Crippen LogP contribution >= 0.6 is 11.3 Å². The van der Waals surface area contributed by atoms with E-state index in [1.165, 1.54) is 6.07 Å². The second-order valence-corrected chi connectivity index (χ2v) is 6.79. The fourth-order valence-corrected chi connectivity index (χ4v) is 4.10. The topological polar surface area (TPSA) is 51.4 Å². The summed E-state index contributed by atoms with van der Waals surface area (Å²) < 4.78 is 19.6. The van der Waals surface area contributed by atoms with Gasteiger partial charge >= 0.3 is 0 Å². The zero-order chi connectivity index (χ0) is 16.4. The third-order valence-corrected chi connectivity index (χ3v) is 5.37. The molecule has 124 valence electrons. The van der Waals surface area contributed by atoms with E-state index in [1.54, 1.807) is 24.5 Å². The van der Waals surface area contributed by atoms with Crippen LogP contribution in [0, 0.1) is 12.7 Å².